The SMILES string of the molecule is COC(=O)C(C)(C)NC1CC(C)OC(C)C1. The van der Waals surface area contributed by atoms with Gasteiger partial charge in [-0.2, -0.15) is 0 Å². The van der Waals surface area contributed by atoms with E-state index in [0.717, 1.165) is 12.8 Å². The Morgan fingerprint density at radius 2 is 1.81 bits per heavy atom. The third-order valence-electron chi connectivity index (χ3n) is 2.96. The average molecular weight is 229 g/mol. The molecule has 4 heteroatoms. The first-order valence-corrected chi connectivity index (χ1v) is 5.86. The van der Waals surface area contributed by atoms with Crippen LogP contribution in [-0.4, -0.2) is 36.9 Å². The minimum Gasteiger partial charge on any atom is -0.468 e. The zero-order valence-electron chi connectivity index (χ0n) is 10.9. The van der Waals surface area contributed by atoms with Crippen molar-refractivity contribution in [1.82, 2.24) is 5.32 Å². The van der Waals surface area contributed by atoms with Gasteiger partial charge in [0.15, 0.2) is 0 Å². The van der Waals surface area contributed by atoms with Crippen LogP contribution in [0.4, 0.5) is 0 Å². The van der Waals surface area contributed by atoms with Crippen molar-refractivity contribution in [2.75, 3.05) is 7.11 Å². The Morgan fingerprint density at radius 3 is 2.25 bits per heavy atom. The first kappa shape index (κ1) is 13.5. The van der Waals surface area contributed by atoms with Gasteiger partial charge in [0.05, 0.1) is 19.3 Å². The van der Waals surface area contributed by atoms with Gasteiger partial charge in [0.25, 0.3) is 0 Å². The maximum Gasteiger partial charge on any atom is 0.325 e. The second kappa shape index (κ2) is 5.15. The molecule has 1 fully saturated rings. The average Bonchev–Trinajstić information content (AvgIpc) is 2.13. The minimum absolute atomic E-state index is 0.223. The van der Waals surface area contributed by atoms with Gasteiger partial charge in [-0.1, -0.05) is 0 Å². The second-order valence-corrected chi connectivity index (χ2v) is 5.19. The van der Waals surface area contributed by atoms with Crippen molar-refractivity contribution in [1.29, 1.82) is 0 Å². The molecule has 1 aliphatic rings. The van der Waals surface area contributed by atoms with E-state index in [1.54, 1.807) is 0 Å². The van der Waals surface area contributed by atoms with Crippen LogP contribution in [0.3, 0.4) is 0 Å². The molecule has 2 atom stereocenters. The lowest BCUT2D eigenvalue weighted by molar-refractivity contribution is -0.148. The number of nitrogens with one attached hydrogen (secondary N) is 1. The Balaban J connectivity index is 2.56. The van der Waals surface area contributed by atoms with Gasteiger partial charge in [-0.15, -0.1) is 0 Å². The maximum absolute atomic E-state index is 11.6. The van der Waals surface area contributed by atoms with Gasteiger partial charge in [0.2, 0.25) is 0 Å². The maximum atomic E-state index is 11.6. The Kier molecular flexibility index (Phi) is 4.33. The van der Waals surface area contributed by atoms with Crippen molar-refractivity contribution in [3.05, 3.63) is 0 Å². The molecule has 0 radical (unpaired) electrons. The molecule has 16 heavy (non-hydrogen) atoms. The molecular formula is C12H23NO3. The second-order valence-electron chi connectivity index (χ2n) is 5.19. The Hall–Kier alpha value is -0.610. The van der Waals surface area contributed by atoms with Crippen LogP contribution in [0.15, 0.2) is 0 Å². The van der Waals surface area contributed by atoms with Crippen molar-refractivity contribution < 1.29 is 14.3 Å². The summed E-state index contributed by atoms with van der Waals surface area (Å²) >= 11 is 0. The topological polar surface area (TPSA) is 47.6 Å². The van der Waals surface area contributed by atoms with Gasteiger partial charge in [0, 0.05) is 6.04 Å². The Morgan fingerprint density at radius 1 is 1.31 bits per heavy atom. The van der Waals surface area contributed by atoms with Crippen LogP contribution in [0.2, 0.25) is 0 Å². The zero-order chi connectivity index (χ0) is 12.3. The standard InChI is InChI=1S/C12H23NO3/c1-8-6-10(7-9(2)16-8)13-12(3,4)11(14)15-5/h8-10,13H,6-7H2,1-5H3. The number of esters is 1. The molecule has 0 aromatic rings. The van der Waals surface area contributed by atoms with E-state index in [-0.39, 0.29) is 18.2 Å². The molecule has 2 unspecified atom stereocenters. The van der Waals surface area contributed by atoms with Crippen molar-refractivity contribution in [2.24, 2.45) is 0 Å². The summed E-state index contributed by atoms with van der Waals surface area (Å²) in [6.45, 7) is 7.83. The molecule has 1 N–H and O–H groups in total. The van der Waals surface area contributed by atoms with E-state index in [1.807, 2.05) is 13.8 Å². The van der Waals surface area contributed by atoms with E-state index in [0.29, 0.717) is 6.04 Å². The monoisotopic (exact) mass is 229 g/mol. The molecule has 94 valence electrons. The van der Waals surface area contributed by atoms with E-state index in [2.05, 4.69) is 19.2 Å². The summed E-state index contributed by atoms with van der Waals surface area (Å²) in [7, 11) is 1.42. The third kappa shape index (κ3) is 3.46. The molecular weight excluding hydrogens is 206 g/mol. The molecule has 0 amide bonds. The first-order chi connectivity index (χ1) is 7.35. The fourth-order valence-electron chi connectivity index (χ4n) is 2.35. The van der Waals surface area contributed by atoms with Gasteiger partial charge in [-0.05, 0) is 40.5 Å². The van der Waals surface area contributed by atoms with Gasteiger partial charge in [-0.25, -0.2) is 0 Å². The first-order valence-electron chi connectivity index (χ1n) is 5.86. The number of rotatable bonds is 3. The fraction of sp³-hybridized carbons (Fsp3) is 0.917. The molecule has 0 spiro atoms. The summed E-state index contributed by atoms with van der Waals surface area (Å²) in [4.78, 5) is 11.6. The smallest absolute Gasteiger partial charge is 0.325 e. The summed E-state index contributed by atoms with van der Waals surface area (Å²) in [5, 5.41) is 3.35. The molecule has 0 aromatic carbocycles. The summed E-state index contributed by atoms with van der Waals surface area (Å²) < 4.78 is 10.4. The highest BCUT2D eigenvalue weighted by molar-refractivity contribution is 5.79. The van der Waals surface area contributed by atoms with Crippen LogP contribution in [0.25, 0.3) is 0 Å². The van der Waals surface area contributed by atoms with Crippen LogP contribution < -0.4 is 5.32 Å². The van der Waals surface area contributed by atoms with Crippen LogP contribution in [0.1, 0.15) is 40.5 Å². The molecule has 1 heterocycles. The molecule has 1 aliphatic heterocycles. The van der Waals surface area contributed by atoms with Crippen molar-refractivity contribution >= 4 is 5.97 Å². The highest BCUT2D eigenvalue weighted by Crippen LogP contribution is 2.21. The zero-order valence-corrected chi connectivity index (χ0v) is 10.9. The minimum atomic E-state index is -0.629. The number of methoxy groups -OCH3 is 1. The lowest BCUT2D eigenvalue weighted by atomic mass is 9.95. The molecule has 1 saturated heterocycles. The number of carbonyl (C=O) groups excluding carboxylic acids is 1. The number of hydrogen-bond acceptors (Lipinski definition) is 4. The van der Waals surface area contributed by atoms with Crippen LogP contribution >= 0.6 is 0 Å². The predicted octanol–water partition coefficient (Wildman–Crippen LogP) is 1.48. The van der Waals surface area contributed by atoms with Gasteiger partial charge >= 0.3 is 5.97 Å². The summed E-state index contributed by atoms with van der Waals surface area (Å²) in [6, 6.07) is 0.313. The lowest BCUT2D eigenvalue weighted by Gasteiger charge is -2.36. The Bertz CT molecular complexity index is 243. The molecule has 0 aromatic heterocycles. The highest BCUT2D eigenvalue weighted by atomic mass is 16.5. The molecule has 4 nitrogen and oxygen atoms in total. The van der Waals surface area contributed by atoms with E-state index in [9.17, 15) is 4.79 Å². The summed E-state index contributed by atoms with van der Waals surface area (Å²) in [6.07, 6.45) is 2.36. The quantitative estimate of drug-likeness (QED) is 0.745. The normalized spacial score (nSPS) is 31.2. The van der Waals surface area contributed by atoms with Crippen molar-refractivity contribution in [2.45, 2.75) is 64.3 Å². The largest absolute Gasteiger partial charge is 0.468 e. The van der Waals surface area contributed by atoms with Gasteiger partial charge in [0.1, 0.15) is 5.54 Å². The van der Waals surface area contributed by atoms with Crippen LogP contribution in [0.5, 0.6) is 0 Å². The van der Waals surface area contributed by atoms with E-state index in [4.69, 9.17) is 9.47 Å². The van der Waals surface area contributed by atoms with Crippen LogP contribution in [-0.2, 0) is 14.3 Å². The van der Waals surface area contributed by atoms with Gasteiger partial charge < -0.3 is 9.47 Å². The summed E-state index contributed by atoms with van der Waals surface area (Å²) in [5.74, 6) is -0.223. The lowest BCUT2D eigenvalue weighted by Crippen LogP contribution is -2.55. The highest BCUT2D eigenvalue weighted by Gasteiger charge is 2.34. The predicted molar refractivity (Wildman–Crippen MR) is 62.3 cm³/mol. The van der Waals surface area contributed by atoms with Gasteiger partial charge in [-0.3, -0.25) is 10.1 Å². The summed E-state index contributed by atoms with van der Waals surface area (Å²) in [5.41, 5.74) is -0.629. The van der Waals surface area contributed by atoms with Crippen LogP contribution in [0, 0.1) is 0 Å². The van der Waals surface area contributed by atoms with E-state index >= 15 is 0 Å². The molecule has 0 bridgehead atoms. The number of hydrogen-bond donors (Lipinski definition) is 1. The molecule has 1 rings (SSSR count). The fourth-order valence-corrected chi connectivity index (χ4v) is 2.35. The Labute approximate surface area is 97.7 Å². The van der Waals surface area contributed by atoms with Crippen molar-refractivity contribution in [3.8, 4) is 0 Å². The molecule has 0 aliphatic carbocycles. The third-order valence-corrected chi connectivity index (χ3v) is 2.96. The number of ether oxygens (including phenoxy) is 2. The number of carbonyl (C=O) groups is 1. The van der Waals surface area contributed by atoms with E-state index in [1.165, 1.54) is 7.11 Å². The van der Waals surface area contributed by atoms with E-state index < -0.39 is 5.54 Å². The van der Waals surface area contributed by atoms with Crippen molar-refractivity contribution in [3.63, 3.8) is 0 Å². The molecule has 0 saturated carbocycles.